The molecular weight excluding hydrogens is 316 g/mol. The number of hydrogen-bond acceptors (Lipinski definition) is 5. The van der Waals surface area contributed by atoms with E-state index < -0.39 is 5.91 Å². The largest absolute Gasteiger partial charge is 0.501 e. The lowest BCUT2D eigenvalue weighted by Crippen LogP contribution is -2.24. The zero-order valence-corrected chi connectivity index (χ0v) is 14.0. The molecule has 0 fully saturated rings. The van der Waals surface area contributed by atoms with Crippen molar-refractivity contribution in [2.45, 2.75) is 29.9 Å². The summed E-state index contributed by atoms with van der Waals surface area (Å²) in [5.41, 5.74) is 9.09. The third kappa shape index (κ3) is 2.61. The highest BCUT2D eigenvalue weighted by Crippen LogP contribution is 2.41. The van der Waals surface area contributed by atoms with Crippen LogP contribution in [0.3, 0.4) is 0 Å². The summed E-state index contributed by atoms with van der Waals surface area (Å²) in [5, 5.41) is 8.33. The van der Waals surface area contributed by atoms with Gasteiger partial charge in [-0.3, -0.25) is 4.79 Å². The minimum Gasteiger partial charge on any atom is -0.501 e. The lowest BCUT2D eigenvalue weighted by Gasteiger charge is -2.28. The van der Waals surface area contributed by atoms with Crippen LogP contribution in [0, 0.1) is 11.3 Å². The second kappa shape index (κ2) is 5.93. The van der Waals surface area contributed by atoms with Gasteiger partial charge < -0.3 is 15.9 Å². The number of carbonyl (C=O) groups excluding carboxylic acids is 1. The van der Waals surface area contributed by atoms with Gasteiger partial charge in [-0.2, -0.15) is 0 Å². The molecule has 3 rings (SSSR count). The number of fused-ring (bicyclic) bond motifs is 1. The predicted octanol–water partition coefficient (Wildman–Crippen LogP) is 3.32. The number of primary amides is 1. The van der Waals surface area contributed by atoms with Crippen molar-refractivity contribution in [1.82, 2.24) is 0 Å². The highest BCUT2D eigenvalue weighted by atomic mass is 32.2. The van der Waals surface area contributed by atoms with E-state index >= 15 is 0 Å². The molecule has 3 N–H and O–H groups in total. The number of nitrogens with one attached hydrogen (secondary N) is 1. The summed E-state index contributed by atoms with van der Waals surface area (Å²) in [6.45, 7) is 0. The zero-order valence-electron chi connectivity index (χ0n) is 12.3. The Bertz CT molecular complexity index is 716. The number of ether oxygens (including phenoxy) is 1. The van der Waals surface area contributed by atoms with E-state index in [1.54, 1.807) is 7.11 Å². The second-order valence-corrected chi connectivity index (χ2v) is 7.39. The highest BCUT2D eigenvalue weighted by molar-refractivity contribution is 7.83. The molecule has 1 aromatic rings. The van der Waals surface area contributed by atoms with E-state index in [1.165, 1.54) is 16.9 Å². The van der Waals surface area contributed by atoms with Crippen LogP contribution < -0.4 is 5.73 Å². The van der Waals surface area contributed by atoms with Crippen LogP contribution in [0.5, 0.6) is 0 Å². The van der Waals surface area contributed by atoms with Gasteiger partial charge in [0.2, 0.25) is 0 Å². The molecule has 1 heterocycles. The number of thiol groups is 1. The summed E-state index contributed by atoms with van der Waals surface area (Å²) in [6, 6.07) is 0. The summed E-state index contributed by atoms with van der Waals surface area (Å²) in [6.07, 6.45) is 7.39. The second-order valence-electron chi connectivity index (χ2n) is 5.62. The third-order valence-electron chi connectivity index (χ3n) is 4.35. The first kappa shape index (κ1) is 15.4. The van der Waals surface area contributed by atoms with Crippen molar-refractivity contribution in [3.63, 3.8) is 0 Å². The van der Waals surface area contributed by atoms with E-state index in [0.29, 0.717) is 17.0 Å². The van der Waals surface area contributed by atoms with Crippen LogP contribution in [0.4, 0.5) is 0 Å². The molecule has 2 aliphatic carbocycles. The molecular formula is C16H18N2O2S2. The average Bonchev–Trinajstić information content (AvgIpc) is 2.85. The van der Waals surface area contributed by atoms with E-state index in [0.717, 1.165) is 40.4 Å². The Kier molecular flexibility index (Phi) is 4.14. The zero-order chi connectivity index (χ0) is 15.9. The molecule has 4 nitrogen and oxygen atoms in total. The fourth-order valence-electron chi connectivity index (χ4n) is 3.23. The van der Waals surface area contributed by atoms with Gasteiger partial charge >= 0.3 is 0 Å². The normalized spacial score (nSPS) is 21.0. The maximum Gasteiger partial charge on any atom is 0.259 e. The number of thiophene rings is 1. The first-order valence-electron chi connectivity index (χ1n) is 7.17. The van der Waals surface area contributed by atoms with Crippen molar-refractivity contribution in [3.05, 3.63) is 39.5 Å². The molecule has 2 aliphatic rings. The predicted molar refractivity (Wildman–Crippen MR) is 91.1 cm³/mol. The smallest absolute Gasteiger partial charge is 0.259 e. The van der Waals surface area contributed by atoms with Crippen molar-refractivity contribution in [2.24, 2.45) is 11.7 Å². The molecule has 6 heteroatoms. The summed E-state index contributed by atoms with van der Waals surface area (Å²) in [4.78, 5) is 12.2. The van der Waals surface area contributed by atoms with Crippen LogP contribution in [0.25, 0.3) is 0 Å². The molecule has 1 amide bonds. The monoisotopic (exact) mass is 334 g/mol. The molecule has 0 bridgehead atoms. The van der Waals surface area contributed by atoms with Gasteiger partial charge in [-0.25, -0.2) is 0 Å². The summed E-state index contributed by atoms with van der Waals surface area (Å²) >= 11 is 5.71. The number of rotatable bonds is 3. The Morgan fingerprint density at radius 2 is 2.18 bits per heavy atom. The summed E-state index contributed by atoms with van der Waals surface area (Å²) in [5.74, 6) is 0.825. The van der Waals surface area contributed by atoms with E-state index in [-0.39, 0.29) is 5.92 Å². The first-order valence-corrected chi connectivity index (χ1v) is 8.43. The topological polar surface area (TPSA) is 76.2 Å². The van der Waals surface area contributed by atoms with Gasteiger partial charge in [0, 0.05) is 17.7 Å². The Balaban J connectivity index is 1.94. The van der Waals surface area contributed by atoms with Gasteiger partial charge in [0.25, 0.3) is 5.91 Å². The third-order valence-corrected chi connectivity index (χ3v) is 5.89. The fourth-order valence-corrected chi connectivity index (χ4v) is 4.73. The number of carbonyl (C=O) groups is 1. The number of hydrogen-bond donors (Lipinski definition) is 3. The van der Waals surface area contributed by atoms with Gasteiger partial charge in [-0.1, -0.05) is 11.6 Å². The van der Waals surface area contributed by atoms with Gasteiger partial charge in [-0.15, -0.1) is 24.0 Å². The average molecular weight is 334 g/mol. The van der Waals surface area contributed by atoms with Gasteiger partial charge in [0.1, 0.15) is 0 Å². The molecule has 116 valence electrons. The van der Waals surface area contributed by atoms with Crippen molar-refractivity contribution in [3.8, 4) is 0 Å². The SMILES string of the molecule is COC1=CC=C(C2CC(=N)c3c(S)sc(C(N)=O)c3C2)CC1. The van der Waals surface area contributed by atoms with E-state index in [1.807, 2.05) is 6.08 Å². The van der Waals surface area contributed by atoms with Gasteiger partial charge in [0.05, 0.1) is 22.0 Å². The molecule has 1 atom stereocenters. The quantitative estimate of drug-likeness (QED) is 0.742. The number of allylic oxidation sites excluding steroid dienone is 4. The summed E-state index contributed by atoms with van der Waals surface area (Å²) in [7, 11) is 1.69. The highest BCUT2D eigenvalue weighted by Gasteiger charge is 2.32. The van der Waals surface area contributed by atoms with Crippen molar-refractivity contribution < 1.29 is 9.53 Å². The number of methoxy groups -OCH3 is 1. The Labute approximate surface area is 139 Å². The Hall–Kier alpha value is -1.53. The van der Waals surface area contributed by atoms with Crippen molar-refractivity contribution in [2.75, 3.05) is 7.11 Å². The molecule has 0 saturated carbocycles. The minimum absolute atomic E-state index is 0.259. The maximum atomic E-state index is 11.6. The van der Waals surface area contributed by atoms with E-state index in [4.69, 9.17) is 15.9 Å². The van der Waals surface area contributed by atoms with Gasteiger partial charge in [0.15, 0.2) is 0 Å². The minimum atomic E-state index is -0.422. The maximum absolute atomic E-state index is 11.6. The van der Waals surface area contributed by atoms with Crippen LogP contribution in [-0.2, 0) is 11.2 Å². The van der Waals surface area contributed by atoms with Gasteiger partial charge in [-0.05, 0) is 36.8 Å². The van der Waals surface area contributed by atoms with Crippen LogP contribution in [0.2, 0.25) is 0 Å². The Morgan fingerprint density at radius 1 is 1.41 bits per heavy atom. The first-order chi connectivity index (χ1) is 10.5. The lowest BCUT2D eigenvalue weighted by atomic mass is 9.77. The summed E-state index contributed by atoms with van der Waals surface area (Å²) < 4.78 is 5.99. The molecule has 1 unspecified atom stereocenters. The number of nitrogens with two attached hydrogens (primary N) is 1. The van der Waals surface area contributed by atoms with E-state index in [9.17, 15) is 4.79 Å². The molecule has 0 aromatic carbocycles. The molecule has 0 radical (unpaired) electrons. The molecule has 0 spiro atoms. The molecule has 1 aromatic heterocycles. The standard InChI is InChI=1S/C16H18N2O2S2/c1-20-10-4-2-8(3-5-10)9-6-11-13(12(17)7-9)16(21)22-14(11)15(18)19/h2,4,9,17,21H,3,5-7H2,1H3,(H2,18,19). The number of amides is 1. The van der Waals surface area contributed by atoms with Crippen LogP contribution in [0.1, 0.15) is 40.1 Å². The molecule has 0 saturated heterocycles. The van der Waals surface area contributed by atoms with Crippen LogP contribution in [0.15, 0.2) is 27.7 Å². The Morgan fingerprint density at radius 3 is 2.77 bits per heavy atom. The lowest BCUT2D eigenvalue weighted by molar-refractivity contribution is 0.100. The van der Waals surface area contributed by atoms with Crippen LogP contribution >= 0.6 is 24.0 Å². The van der Waals surface area contributed by atoms with Crippen molar-refractivity contribution >= 4 is 35.6 Å². The molecule has 22 heavy (non-hydrogen) atoms. The van der Waals surface area contributed by atoms with Crippen LogP contribution in [-0.4, -0.2) is 18.7 Å². The van der Waals surface area contributed by atoms with Crippen molar-refractivity contribution in [1.29, 1.82) is 5.41 Å². The molecule has 0 aliphatic heterocycles. The fraction of sp³-hybridized carbons (Fsp3) is 0.375. The van der Waals surface area contributed by atoms with E-state index in [2.05, 4.69) is 18.7 Å².